The van der Waals surface area contributed by atoms with E-state index in [-0.39, 0.29) is 25.6 Å². The molecule has 0 radical (unpaired) electrons. The summed E-state index contributed by atoms with van der Waals surface area (Å²) in [7, 11) is -0.750. The van der Waals surface area contributed by atoms with Crippen molar-refractivity contribution < 1.29 is 28.7 Å². The topological polar surface area (TPSA) is 102 Å². The number of carboxylic acid groups (broad SMARTS) is 1. The number of carbonyl (C=O) groups is 2. The van der Waals surface area contributed by atoms with E-state index in [1.807, 2.05) is 18.2 Å². The molecule has 25 heavy (non-hydrogen) atoms. The first kappa shape index (κ1) is 19.1. The van der Waals surface area contributed by atoms with Gasteiger partial charge in [0.15, 0.2) is 0 Å². The molecule has 8 heteroatoms. The summed E-state index contributed by atoms with van der Waals surface area (Å²) in [4.78, 5) is 24.0. The average molecular weight is 365 g/mol. The van der Waals surface area contributed by atoms with Gasteiger partial charge in [0.1, 0.15) is 12.1 Å². The number of nitrogens with one attached hydrogen (secondary N) is 1. The Morgan fingerprint density at radius 1 is 1.48 bits per heavy atom. The molecule has 0 heterocycles. The predicted molar refractivity (Wildman–Crippen MR) is 90.4 cm³/mol. The second kappa shape index (κ2) is 7.76. The summed E-state index contributed by atoms with van der Waals surface area (Å²) < 4.78 is 22.2. The molecule has 0 saturated heterocycles. The van der Waals surface area contributed by atoms with Crippen LogP contribution in [0.25, 0.3) is 0 Å². The highest BCUT2D eigenvalue weighted by Crippen LogP contribution is 2.57. The van der Waals surface area contributed by atoms with E-state index in [4.69, 9.17) is 9.47 Å². The quantitative estimate of drug-likeness (QED) is 0.515. The Kier molecular flexibility index (Phi) is 5.93. The number of carboxylic acids is 1. The smallest absolute Gasteiger partial charge is 0.408 e. The molecule has 1 aliphatic carbocycles. The lowest BCUT2D eigenvalue weighted by Gasteiger charge is -2.32. The molecule has 2 rings (SSSR count). The molecule has 0 aromatic heterocycles. The van der Waals surface area contributed by atoms with Crippen LogP contribution in [0.4, 0.5) is 4.79 Å². The number of ether oxygens (including phenoxy) is 2. The van der Waals surface area contributed by atoms with Gasteiger partial charge in [-0.1, -0.05) is 36.4 Å². The highest BCUT2D eigenvalue weighted by Gasteiger charge is 2.73. The van der Waals surface area contributed by atoms with Crippen LogP contribution in [-0.4, -0.2) is 34.7 Å². The molecular formula is C17H20NO6P. The van der Waals surface area contributed by atoms with Crippen molar-refractivity contribution in [3.8, 4) is 0 Å². The number of hydrogen-bond acceptors (Lipinski definition) is 5. The van der Waals surface area contributed by atoms with Crippen LogP contribution >= 0.6 is 8.46 Å². The Morgan fingerprint density at radius 3 is 2.64 bits per heavy atom. The molecule has 1 aromatic carbocycles. The number of aliphatic carboxylic acids is 1. The van der Waals surface area contributed by atoms with Crippen molar-refractivity contribution in [1.82, 2.24) is 5.32 Å². The maximum absolute atomic E-state index is 12.2. The highest BCUT2D eigenvalue weighted by molar-refractivity contribution is 7.27. The van der Waals surface area contributed by atoms with Gasteiger partial charge in [-0.05, 0) is 18.9 Å². The third kappa shape index (κ3) is 3.57. The molecule has 0 aliphatic heterocycles. The van der Waals surface area contributed by atoms with Gasteiger partial charge in [-0.2, -0.15) is 0 Å². The molecule has 7 nitrogen and oxygen atoms in total. The molecule has 1 saturated carbocycles. The monoisotopic (exact) mass is 365 g/mol. The number of carbonyl (C=O) groups excluding carboxylic acids is 1. The van der Waals surface area contributed by atoms with Crippen molar-refractivity contribution in [1.29, 1.82) is 0 Å². The summed E-state index contributed by atoms with van der Waals surface area (Å²) in [5.41, 5.74) is -0.577. The van der Waals surface area contributed by atoms with Crippen LogP contribution in [0.3, 0.4) is 0 Å². The molecule has 1 fully saturated rings. The van der Waals surface area contributed by atoms with Gasteiger partial charge < -0.3 is 19.9 Å². The standard InChI is InChI=1S/C17H20NO6P/c1-3-13-10-16(13,17(25-22,14(19)20)24-4-2)18-15(21)23-11-12-8-6-5-7-9-12/h3,5-9,13H,1,4,10-11H2,2H3,(H,18,21)(H,19,20). The number of hydrogen-bond donors (Lipinski definition) is 2. The Bertz CT molecular complexity index is 666. The lowest BCUT2D eigenvalue weighted by Crippen LogP contribution is -2.59. The fraction of sp³-hybridized carbons (Fsp3) is 0.412. The fourth-order valence-electron chi connectivity index (χ4n) is 2.87. The van der Waals surface area contributed by atoms with Crippen molar-refractivity contribution in [3.63, 3.8) is 0 Å². The van der Waals surface area contributed by atoms with Crippen LogP contribution in [0.2, 0.25) is 0 Å². The van der Waals surface area contributed by atoms with E-state index >= 15 is 0 Å². The van der Waals surface area contributed by atoms with Crippen molar-refractivity contribution in [2.24, 2.45) is 5.92 Å². The zero-order chi connectivity index (χ0) is 18.5. The number of amides is 1. The number of rotatable bonds is 9. The summed E-state index contributed by atoms with van der Waals surface area (Å²) in [6, 6.07) is 9.06. The van der Waals surface area contributed by atoms with E-state index in [0.29, 0.717) is 0 Å². The summed E-state index contributed by atoms with van der Waals surface area (Å²) in [6.45, 7) is 5.29. The van der Waals surface area contributed by atoms with E-state index in [2.05, 4.69) is 11.9 Å². The third-order valence-electron chi connectivity index (χ3n) is 4.21. The van der Waals surface area contributed by atoms with E-state index < -0.39 is 31.4 Å². The first-order chi connectivity index (χ1) is 12.0. The predicted octanol–water partition coefficient (Wildman–Crippen LogP) is 2.97. The van der Waals surface area contributed by atoms with Crippen LogP contribution in [0.1, 0.15) is 18.9 Å². The first-order valence-corrected chi connectivity index (χ1v) is 8.60. The second-order valence-electron chi connectivity index (χ2n) is 5.68. The molecule has 3 unspecified atom stereocenters. The molecule has 0 spiro atoms. The Labute approximate surface area is 147 Å². The van der Waals surface area contributed by atoms with E-state index in [9.17, 15) is 19.3 Å². The minimum atomic E-state index is -2.09. The normalized spacial score (nSPS) is 24.1. The van der Waals surface area contributed by atoms with Gasteiger partial charge in [0, 0.05) is 12.5 Å². The van der Waals surface area contributed by atoms with Gasteiger partial charge in [0.05, 0.1) is 0 Å². The summed E-state index contributed by atoms with van der Waals surface area (Å²) >= 11 is 0. The molecular weight excluding hydrogens is 345 g/mol. The molecule has 1 amide bonds. The molecule has 3 atom stereocenters. The zero-order valence-corrected chi connectivity index (χ0v) is 14.7. The molecule has 2 N–H and O–H groups in total. The maximum atomic E-state index is 12.2. The summed E-state index contributed by atoms with van der Waals surface area (Å²) in [5, 5.41) is 10.1. The van der Waals surface area contributed by atoms with Crippen molar-refractivity contribution in [2.75, 3.05) is 6.61 Å². The van der Waals surface area contributed by atoms with Gasteiger partial charge in [-0.3, -0.25) is 4.57 Å². The Balaban J connectivity index is 2.16. The largest absolute Gasteiger partial charge is 0.478 e. The van der Waals surface area contributed by atoms with Crippen LogP contribution in [0, 0.1) is 5.92 Å². The first-order valence-electron chi connectivity index (χ1n) is 7.79. The molecule has 1 aromatic rings. The Morgan fingerprint density at radius 2 is 2.16 bits per heavy atom. The minimum Gasteiger partial charge on any atom is -0.478 e. The fourth-order valence-corrected chi connectivity index (χ4v) is 3.60. The molecule has 0 bridgehead atoms. The van der Waals surface area contributed by atoms with Crippen molar-refractivity contribution in [3.05, 3.63) is 48.6 Å². The molecule has 1 aliphatic rings. The summed E-state index contributed by atoms with van der Waals surface area (Å²) in [5.74, 6) is -1.81. The van der Waals surface area contributed by atoms with Gasteiger partial charge in [-0.25, -0.2) is 9.59 Å². The van der Waals surface area contributed by atoms with Crippen molar-refractivity contribution in [2.45, 2.75) is 30.8 Å². The van der Waals surface area contributed by atoms with E-state index in [1.165, 1.54) is 6.08 Å². The minimum absolute atomic E-state index is 0.0217. The van der Waals surface area contributed by atoms with Crippen LogP contribution in [-0.2, 0) is 25.4 Å². The van der Waals surface area contributed by atoms with Gasteiger partial charge >= 0.3 is 12.1 Å². The SMILES string of the molecule is C=CC1CC1(NC(=O)OCc1ccccc1)C(OCC)(P=O)C(=O)O. The highest BCUT2D eigenvalue weighted by atomic mass is 31.1. The number of benzene rings is 1. The lowest BCUT2D eigenvalue weighted by molar-refractivity contribution is -0.158. The van der Waals surface area contributed by atoms with E-state index in [0.717, 1.165) is 5.56 Å². The third-order valence-corrected chi connectivity index (χ3v) is 5.19. The average Bonchev–Trinajstić information content (AvgIpc) is 3.32. The Hall–Kier alpha value is -2.24. The lowest BCUT2D eigenvalue weighted by atomic mass is 10.0. The molecule has 134 valence electrons. The van der Waals surface area contributed by atoms with Gasteiger partial charge in [-0.15, -0.1) is 6.58 Å². The van der Waals surface area contributed by atoms with Crippen LogP contribution in [0.5, 0.6) is 0 Å². The maximum Gasteiger partial charge on any atom is 0.408 e. The zero-order valence-electron chi connectivity index (χ0n) is 13.8. The van der Waals surface area contributed by atoms with Crippen LogP contribution in [0.15, 0.2) is 43.0 Å². The van der Waals surface area contributed by atoms with Crippen molar-refractivity contribution >= 4 is 20.5 Å². The van der Waals surface area contributed by atoms with Crippen LogP contribution < -0.4 is 5.32 Å². The van der Waals surface area contributed by atoms with E-state index in [1.54, 1.807) is 19.1 Å². The van der Waals surface area contributed by atoms with Gasteiger partial charge in [0.25, 0.3) is 5.34 Å². The number of alkyl carbamates (subject to hydrolysis) is 1. The summed E-state index contributed by atoms with van der Waals surface area (Å²) in [6.07, 6.45) is 0.958. The second-order valence-corrected chi connectivity index (χ2v) is 6.49. The van der Waals surface area contributed by atoms with Gasteiger partial charge in [0.2, 0.25) is 8.46 Å².